The number of pyridine rings is 1. The van der Waals surface area contributed by atoms with Gasteiger partial charge >= 0.3 is 0 Å². The summed E-state index contributed by atoms with van der Waals surface area (Å²) in [5.74, 6) is 1.22. The maximum absolute atomic E-state index is 12.1. The minimum atomic E-state index is -0.134. The van der Waals surface area contributed by atoms with Gasteiger partial charge in [-0.2, -0.15) is 0 Å². The van der Waals surface area contributed by atoms with Gasteiger partial charge in [0.15, 0.2) is 0 Å². The fourth-order valence-corrected chi connectivity index (χ4v) is 2.12. The normalized spacial score (nSPS) is 14.1. The Morgan fingerprint density at radius 3 is 3.05 bits per heavy atom. The third-order valence-corrected chi connectivity index (χ3v) is 3.46. The molecule has 110 valence electrons. The van der Waals surface area contributed by atoms with E-state index >= 15 is 0 Å². The number of halogens is 1. The molecule has 20 heavy (non-hydrogen) atoms. The summed E-state index contributed by atoms with van der Waals surface area (Å²) in [5.41, 5.74) is 0.545. The quantitative estimate of drug-likeness (QED) is 0.713. The third kappa shape index (κ3) is 4.76. The van der Waals surface area contributed by atoms with E-state index in [-0.39, 0.29) is 5.91 Å². The number of nitrogens with zero attached hydrogens (tertiary/aromatic N) is 1. The first-order chi connectivity index (χ1) is 9.70. The first kappa shape index (κ1) is 15.3. The molecule has 0 atom stereocenters. The van der Waals surface area contributed by atoms with Gasteiger partial charge in [-0.15, -0.1) is 0 Å². The highest BCUT2D eigenvalue weighted by Gasteiger charge is 2.21. The Kier molecular flexibility index (Phi) is 5.79. The molecule has 2 N–H and O–H groups in total. The Labute approximate surface area is 127 Å². The molecule has 5 nitrogen and oxygen atoms in total. The maximum Gasteiger partial charge on any atom is 0.255 e. The molecule has 1 amide bonds. The predicted molar refractivity (Wildman–Crippen MR) is 82.0 cm³/mol. The van der Waals surface area contributed by atoms with E-state index in [2.05, 4.69) is 31.5 Å². The topological polar surface area (TPSA) is 63.2 Å². The lowest BCUT2D eigenvalue weighted by Gasteiger charge is -2.10. The van der Waals surface area contributed by atoms with Crippen molar-refractivity contribution in [1.82, 2.24) is 10.3 Å². The van der Waals surface area contributed by atoms with Crippen LogP contribution >= 0.6 is 15.9 Å². The molecule has 0 spiro atoms. The molecule has 1 aliphatic carbocycles. The van der Waals surface area contributed by atoms with Gasteiger partial charge < -0.3 is 15.4 Å². The van der Waals surface area contributed by atoms with E-state index in [0.29, 0.717) is 24.5 Å². The molecule has 0 aliphatic heterocycles. The SMILES string of the molecule is CCNc1ncc(Br)cc1C(=O)NCCOCC1CC1. The Morgan fingerprint density at radius 1 is 1.55 bits per heavy atom. The van der Waals surface area contributed by atoms with Crippen molar-refractivity contribution in [3.63, 3.8) is 0 Å². The van der Waals surface area contributed by atoms with E-state index in [9.17, 15) is 4.79 Å². The molecule has 1 fully saturated rings. The molecule has 6 heteroatoms. The second-order valence-corrected chi connectivity index (χ2v) is 5.77. The summed E-state index contributed by atoms with van der Waals surface area (Å²) in [6.07, 6.45) is 4.23. The number of rotatable bonds is 8. The van der Waals surface area contributed by atoms with Crippen LogP contribution in [0.15, 0.2) is 16.7 Å². The summed E-state index contributed by atoms with van der Waals surface area (Å²) in [7, 11) is 0. The van der Waals surface area contributed by atoms with Crippen molar-refractivity contribution in [2.75, 3.05) is 31.6 Å². The highest BCUT2D eigenvalue weighted by atomic mass is 79.9. The second-order valence-electron chi connectivity index (χ2n) is 4.85. The van der Waals surface area contributed by atoms with Gasteiger partial charge in [-0.25, -0.2) is 4.98 Å². The van der Waals surface area contributed by atoms with E-state index in [1.54, 1.807) is 12.3 Å². The van der Waals surface area contributed by atoms with Crippen LogP contribution in [0.5, 0.6) is 0 Å². The highest BCUT2D eigenvalue weighted by Crippen LogP contribution is 2.28. The fraction of sp³-hybridized carbons (Fsp3) is 0.571. The smallest absolute Gasteiger partial charge is 0.255 e. The van der Waals surface area contributed by atoms with Crippen molar-refractivity contribution in [2.24, 2.45) is 5.92 Å². The van der Waals surface area contributed by atoms with Crippen LogP contribution in [0.2, 0.25) is 0 Å². The number of nitrogens with one attached hydrogen (secondary N) is 2. The monoisotopic (exact) mass is 341 g/mol. The van der Waals surface area contributed by atoms with Gasteiger partial charge in [-0.1, -0.05) is 0 Å². The number of ether oxygens (including phenoxy) is 1. The predicted octanol–water partition coefficient (Wildman–Crippen LogP) is 2.43. The Morgan fingerprint density at radius 2 is 2.35 bits per heavy atom. The lowest BCUT2D eigenvalue weighted by Crippen LogP contribution is -2.28. The molecule has 0 unspecified atom stereocenters. The van der Waals surface area contributed by atoms with Crippen molar-refractivity contribution < 1.29 is 9.53 Å². The van der Waals surface area contributed by atoms with Crippen LogP contribution in [0.4, 0.5) is 5.82 Å². The third-order valence-electron chi connectivity index (χ3n) is 3.03. The zero-order chi connectivity index (χ0) is 14.4. The number of anilines is 1. The van der Waals surface area contributed by atoms with Crippen molar-refractivity contribution in [3.05, 3.63) is 22.3 Å². The summed E-state index contributed by atoms with van der Waals surface area (Å²) in [5, 5.41) is 5.94. The zero-order valence-corrected chi connectivity index (χ0v) is 13.2. The van der Waals surface area contributed by atoms with Gasteiger partial charge in [0.2, 0.25) is 0 Å². The van der Waals surface area contributed by atoms with Gasteiger partial charge in [-0.3, -0.25) is 4.79 Å². The molecule has 0 aromatic carbocycles. The minimum absolute atomic E-state index is 0.134. The van der Waals surface area contributed by atoms with E-state index < -0.39 is 0 Å². The average molecular weight is 342 g/mol. The Balaban J connectivity index is 1.81. The Hall–Kier alpha value is -1.14. The number of aromatic nitrogens is 1. The first-order valence-corrected chi connectivity index (χ1v) is 7.75. The lowest BCUT2D eigenvalue weighted by molar-refractivity contribution is 0.0907. The summed E-state index contributed by atoms with van der Waals surface area (Å²) in [6.45, 7) is 4.58. The van der Waals surface area contributed by atoms with E-state index in [4.69, 9.17) is 4.74 Å². The molecule has 2 rings (SSSR count). The fourth-order valence-electron chi connectivity index (χ4n) is 1.79. The van der Waals surface area contributed by atoms with Crippen molar-refractivity contribution in [1.29, 1.82) is 0 Å². The molecule has 0 radical (unpaired) electrons. The van der Waals surface area contributed by atoms with Crippen LogP contribution in [0.1, 0.15) is 30.1 Å². The highest BCUT2D eigenvalue weighted by molar-refractivity contribution is 9.10. The first-order valence-electron chi connectivity index (χ1n) is 6.96. The van der Waals surface area contributed by atoms with Gasteiger partial charge in [0, 0.05) is 30.4 Å². The molecule has 0 bridgehead atoms. The number of amides is 1. The lowest BCUT2D eigenvalue weighted by atomic mass is 10.2. The average Bonchev–Trinajstić information content (AvgIpc) is 3.24. The van der Waals surface area contributed by atoms with E-state index in [1.165, 1.54) is 12.8 Å². The molecule has 0 saturated heterocycles. The van der Waals surface area contributed by atoms with Crippen LogP contribution in [0.25, 0.3) is 0 Å². The van der Waals surface area contributed by atoms with Crippen molar-refractivity contribution in [2.45, 2.75) is 19.8 Å². The number of hydrogen-bond donors (Lipinski definition) is 2. The number of carbonyl (C=O) groups is 1. The van der Waals surface area contributed by atoms with Gasteiger partial charge in [0.1, 0.15) is 5.82 Å². The van der Waals surface area contributed by atoms with Gasteiger partial charge in [0.05, 0.1) is 12.2 Å². The summed E-state index contributed by atoms with van der Waals surface area (Å²) in [4.78, 5) is 16.3. The molecule has 1 aromatic heterocycles. The minimum Gasteiger partial charge on any atom is -0.379 e. The van der Waals surface area contributed by atoms with Crippen molar-refractivity contribution >= 4 is 27.7 Å². The Bertz CT molecular complexity index is 464. The maximum atomic E-state index is 12.1. The summed E-state index contributed by atoms with van der Waals surface area (Å²) < 4.78 is 6.28. The zero-order valence-electron chi connectivity index (χ0n) is 11.6. The standard InChI is InChI=1S/C14H20BrN3O2/c1-2-16-13-12(7-11(15)8-18-13)14(19)17-5-6-20-9-10-3-4-10/h7-8,10H,2-6,9H2,1H3,(H,16,18)(H,17,19). The summed E-state index contributed by atoms with van der Waals surface area (Å²) in [6, 6.07) is 1.77. The number of carbonyl (C=O) groups excluding carboxylic acids is 1. The molecular weight excluding hydrogens is 322 g/mol. The van der Waals surface area contributed by atoms with Crippen LogP contribution in [-0.4, -0.2) is 37.2 Å². The number of hydrogen-bond acceptors (Lipinski definition) is 4. The summed E-state index contributed by atoms with van der Waals surface area (Å²) >= 11 is 3.34. The van der Waals surface area contributed by atoms with Crippen LogP contribution in [0, 0.1) is 5.92 Å². The molecule has 1 saturated carbocycles. The largest absolute Gasteiger partial charge is 0.379 e. The van der Waals surface area contributed by atoms with Crippen LogP contribution < -0.4 is 10.6 Å². The molecular formula is C14H20BrN3O2. The molecule has 1 aliphatic rings. The van der Waals surface area contributed by atoms with E-state index in [0.717, 1.165) is 23.5 Å². The van der Waals surface area contributed by atoms with Crippen LogP contribution in [0.3, 0.4) is 0 Å². The molecule has 1 heterocycles. The van der Waals surface area contributed by atoms with Crippen LogP contribution in [-0.2, 0) is 4.74 Å². The van der Waals surface area contributed by atoms with Gasteiger partial charge in [-0.05, 0) is 47.7 Å². The molecule has 1 aromatic rings. The second kappa shape index (κ2) is 7.59. The van der Waals surface area contributed by atoms with Crippen molar-refractivity contribution in [3.8, 4) is 0 Å². The van der Waals surface area contributed by atoms with E-state index in [1.807, 2.05) is 6.92 Å². The van der Waals surface area contributed by atoms with Gasteiger partial charge in [0.25, 0.3) is 5.91 Å².